The Morgan fingerprint density at radius 3 is 1.87 bits per heavy atom. The van der Waals surface area contributed by atoms with Gasteiger partial charge in [0.25, 0.3) is 0 Å². The Hall–Kier alpha value is -0.0500. The molecule has 3 heteroatoms. The third-order valence-electron chi connectivity index (χ3n) is 3.51. The van der Waals surface area contributed by atoms with E-state index in [0.29, 0.717) is 5.75 Å². The van der Waals surface area contributed by atoms with Crippen LogP contribution in [0.1, 0.15) is 66.2 Å². The van der Waals surface area contributed by atoms with Crippen LogP contribution in [-0.2, 0) is 9.84 Å². The van der Waals surface area contributed by atoms with E-state index in [-0.39, 0.29) is 0 Å². The summed E-state index contributed by atoms with van der Waals surface area (Å²) in [4.78, 5) is 0. The summed E-state index contributed by atoms with van der Waals surface area (Å²) < 4.78 is 23.7. The molecule has 0 spiro atoms. The molecule has 0 radical (unpaired) electrons. The Labute approximate surface area is 95.4 Å². The molecular weight excluding hydrogens is 208 g/mol. The summed E-state index contributed by atoms with van der Waals surface area (Å²) in [5.74, 6) is 0.366. The van der Waals surface area contributed by atoms with Gasteiger partial charge in [-0.25, -0.2) is 8.42 Å². The fourth-order valence-corrected chi connectivity index (χ4v) is 3.61. The fourth-order valence-electron chi connectivity index (χ4n) is 1.66. The maximum Gasteiger partial charge on any atom is 0.155 e. The molecule has 0 aromatic carbocycles. The summed E-state index contributed by atoms with van der Waals surface area (Å²) in [7, 11) is -2.90. The number of sulfone groups is 1. The zero-order chi connectivity index (χ0) is 11.9. The minimum absolute atomic E-state index is 0.366. The largest absolute Gasteiger partial charge is 0.228 e. The van der Waals surface area contributed by atoms with E-state index in [0.717, 1.165) is 38.5 Å². The van der Waals surface area contributed by atoms with Crippen molar-refractivity contribution in [2.75, 3.05) is 5.75 Å². The lowest BCUT2D eigenvalue weighted by atomic mass is 10.1. The van der Waals surface area contributed by atoms with Gasteiger partial charge in [0.05, 0.1) is 10.5 Å². The predicted octanol–water partition coefficient (Wildman–Crippen LogP) is 3.56. The van der Waals surface area contributed by atoms with Gasteiger partial charge in [-0.2, -0.15) is 0 Å². The Balaban J connectivity index is 4.28. The molecule has 2 nitrogen and oxygen atoms in total. The van der Waals surface area contributed by atoms with Gasteiger partial charge in [0.2, 0.25) is 0 Å². The molecule has 0 heterocycles. The summed E-state index contributed by atoms with van der Waals surface area (Å²) in [6.07, 6.45) is 5.60. The highest BCUT2D eigenvalue weighted by atomic mass is 32.2. The van der Waals surface area contributed by atoms with Gasteiger partial charge in [0, 0.05) is 0 Å². The monoisotopic (exact) mass is 234 g/mol. The van der Waals surface area contributed by atoms with Crippen LogP contribution in [0.4, 0.5) is 0 Å². The average Bonchev–Trinajstić information content (AvgIpc) is 2.23. The SMILES string of the molecule is CCCCCCS(=O)(=O)C(C)(CC)CC. The second-order valence-electron chi connectivity index (χ2n) is 4.54. The van der Waals surface area contributed by atoms with E-state index in [1.807, 2.05) is 20.8 Å². The van der Waals surface area contributed by atoms with E-state index < -0.39 is 14.6 Å². The lowest BCUT2D eigenvalue weighted by molar-refractivity contribution is 0.503. The molecule has 15 heavy (non-hydrogen) atoms. The lowest BCUT2D eigenvalue weighted by Crippen LogP contribution is -2.35. The summed E-state index contributed by atoms with van der Waals surface area (Å²) in [5.41, 5.74) is 0. The van der Waals surface area contributed by atoms with Crippen LogP contribution in [0.5, 0.6) is 0 Å². The molecule has 92 valence electrons. The van der Waals surface area contributed by atoms with Crippen molar-refractivity contribution in [2.24, 2.45) is 0 Å². The normalized spacial score (nSPS) is 13.1. The zero-order valence-corrected chi connectivity index (χ0v) is 11.5. The second kappa shape index (κ2) is 6.51. The summed E-state index contributed by atoms with van der Waals surface area (Å²) >= 11 is 0. The minimum atomic E-state index is -2.90. The molecule has 0 aliphatic rings. The van der Waals surface area contributed by atoms with E-state index in [9.17, 15) is 8.42 Å². The third kappa shape index (κ3) is 4.13. The summed E-state index contributed by atoms with van der Waals surface area (Å²) in [5, 5.41) is 0. The topological polar surface area (TPSA) is 34.1 Å². The van der Waals surface area contributed by atoms with Gasteiger partial charge in [-0.05, 0) is 26.2 Å². The van der Waals surface area contributed by atoms with Crippen molar-refractivity contribution >= 4 is 9.84 Å². The van der Waals surface area contributed by atoms with E-state index in [1.54, 1.807) is 0 Å². The molecule has 0 aromatic heterocycles. The molecule has 0 bridgehead atoms. The molecule has 0 amide bonds. The predicted molar refractivity (Wildman–Crippen MR) is 66.9 cm³/mol. The van der Waals surface area contributed by atoms with Crippen LogP contribution < -0.4 is 0 Å². The molecule has 0 aliphatic heterocycles. The molecule has 0 unspecified atom stereocenters. The number of hydrogen-bond donors (Lipinski definition) is 0. The first-order valence-corrected chi connectivity index (χ1v) is 7.81. The van der Waals surface area contributed by atoms with Crippen LogP contribution in [0.3, 0.4) is 0 Å². The van der Waals surface area contributed by atoms with Crippen molar-refractivity contribution in [1.82, 2.24) is 0 Å². The van der Waals surface area contributed by atoms with Gasteiger partial charge < -0.3 is 0 Å². The summed E-state index contributed by atoms with van der Waals surface area (Å²) in [6.45, 7) is 7.94. The quantitative estimate of drug-likeness (QED) is 0.602. The van der Waals surface area contributed by atoms with Gasteiger partial charge in [-0.1, -0.05) is 40.0 Å². The molecule has 0 aliphatic carbocycles. The molecule has 0 N–H and O–H groups in total. The van der Waals surface area contributed by atoms with E-state index in [4.69, 9.17) is 0 Å². The maximum absolute atomic E-state index is 12.1. The van der Waals surface area contributed by atoms with Crippen LogP contribution in [0.15, 0.2) is 0 Å². The maximum atomic E-state index is 12.1. The Bertz CT molecular complexity index is 251. The zero-order valence-electron chi connectivity index (χ0n) is 10.7. The van der Waals surface area contributed by atoms with Gasteiger partial charge >= 0.3 is 0 Å². The Morgan fingerprint density at radius 2 is 1.47 bits per heavy atom. The molecule has 0 saturated carbocycles. The van der Waals surface area contributed by atoms with Crippen LogP contribution in [0.25, 0.3) is 0 Å². The first-order chi connectivity index (χ1) is 6.93. The van der Waals surface area contributed by atoms with E-state index in [1.165, 1.54) is 0 Å². The lowest BCUT2D eigenvalue weighted by Gasteiger charge is -2.26. The van der Waals surface area contributed by atoms with E-state index in [2.05, 4.69) is 6.92 Å². The molecule has 0 atom stereocenters. The van der Waals surface area contributed by atoms with Gasteiger partial charge in [0.1, 0.15) is 0 Å². The smallest absolute Gasteiger partial charge is 0.155 e. The second-order valence-corrected chi connectivity index (χ2v) is 7.16. The minimum Gasteiger partial charge on any atom is -0.228 e. The van der Waals surface area contributed by atoms with Crippen LogP contribution in [0.2, 0.25) is 0 Å². The Morgan fingerprint density at radius 1 is 0.933 bits per heavy atom. The van der Waals surface area contributed by atoms with Crippen LogP contribution in [0, 0.1) is 0 Å². The third-order valence-corrected chi connectivity index (χ3v) is 6.42. The average molecular weight is 234 g/mol. The first-order valence-electron chi connectivity index (χ1n) is 6.15. The van der Waals surface area contributed by atoms with Crippen LogP contribution >= 0.6 is 0 Å². The van der Waals surface area contributed by atoms with Crippen molar-refractivity contribution in [3.8, 4) is 0 Å². The number of rotatable bonds is 8. The number of unbranched alkanes of at least 4 members (excludes halogenated alkanes) is 3. The van der Waals surface area contributed by atoms with Gasteiger partial charge in [0.15, 0.2) is 9.84 Å². The van der Waals surface area contributed by atoms with Crippen molar-refractivity contribution in [3.05, 3.63) is 0 Å². The molecule has 0 aromatic rings. The molecular formula is C12H26O2S. The van der Waals surface area contributed by atoms with E-state index >= 15 is 0 Å². The highest BCUT2D eigenvalue weighted by molar-refractivity contribution is 7.92. The number of hydrogen-bond acceptors (Lipinski definition) is 2. The van der Waals surface area contributed by atoms with Crippen LogP contribution in [-0.4, -0.2) is 18.9 Å². The molecule has 0 fully saturated rings. The Kier molecular flexibility index (Phi) is 6.49. The van der Waals surface area contributed by atoms with Gasteiger partial charge in [-0.15, -0.1) is 0 Å². The highest BCUT2D eigenvalue weighted by Crippen LogP contribution is 2.26. The van der Waals surface area contributed by atoms with Crippen molar-refractivity contribution in [2.45, 2.75) is 71.0 Å². The summed E-state index contributed by atoms with van der Waals surface area (Å²) in [6, 6.07) is 0. The first kappa shape index (κ1) is 14.9. The highest BCUT2D eigenvalue weighted by Gasteiger charge is 2.34. The molecule has 0 saturated heterocycles. The molecule has 0 rings (SSSR count). The fraction of sp³-hybridized carbons (Fsp3) is 1.00. The van der Waals surface area contributed by atoms with Crippen molar-refractivity contribution in [3.63, 3.8) is 0 Å². The standard InChI is InChI=1S/C12H26O2S/c1-5-8-9-10-11-15(13,14)12(4,6-2)7-3/h5-11H2,1-4H3. The van der Waals surface area contributed by atoms with Crippen molar-refractivity contribution in [1.29, 1.82) is 0 Å². The van der Waals surface area contributed by atoms with Gasteiger partial charge in [-0.3, -0.25) is 0 Å². The van der Waals surface area contributed by atoms with Crippen molar-refractivity contribution < 1.29 is 8.42 Å².